The number of aromatic nitrogens is 1. The maximum Gasteiger partial charge on any atom is 0.287 e. The quantitative estimate of drug-likeness (QED) is 0.582. The lowest BCUT2D eigenvalue weighted by molar-refractivity contribution is -0.385. The summed E-state index contributed by atoms with van der Waals surface area (Å²) in [7, 11) is 0. The standard InChI is InChI=1S/C12H10N2O2/c15-14(16)12-7-6-11(13-9-12)8-10-4-2-1-3-5-10/h1-7,9H,8H2. The van der Waals surface area contributed by atoms with Gasteiger partial charge in [-0.05, 0) is 11.6 Å². The summed E-state index contributed by atoms with van der Waals surface area (Å²) in [4.78, 5) is 14.0. The summed E-state index contributed by atoms with van der Waals surface area (Å²) in [6, 6.07) is 13.0. The van der Waals surface area contributed by atoms with Crippen LogP contribution in [0.15, 0.2) is 48.7 Å². The predicted molar refractivity (Wildman–Crippen MR) is 60.1 cm³/mol. The maximum atomic E-state index is 10.4. The number of benzene rings is 1. The molecule has 0 amide bonds. The van der Waals surface area contributed by atoms with E-state index < -0.39 is 4.92 Å². The SMILES string of the molecule is O=[N+]([O-])c1ccc(Cc2ccccc2)nc1. The van der Waals surface area contributed by atoms with Crippen LogP contribution in [0.5, 0.6) is 0 Å². The monoisotopic (exact) mass is 214 g/mol. The molecule has 0 unspecified atom stereocenters. The lowest BCUT2D eigenvalue weighted by Gasteiger charge is -2.00. The molecule has 0 atom stereocenters. The molecule has 0 saturated heterocycles. The van der Waals surface area contributed by atoms with Crippen LogP contribution in [-0.2, 0) is 6.42 Å². The Labute approximate surface area is 92.7 Å². The Balaban J connectivity index is 2.14. The van der Waals surface area contributed by atoms with Gasteiger partial charge in [0, 0.05) is 18.2 Å². The van der Waals surface area contributed by atoms with Crippen molar-refractivity contribution in [1.82, 2.24) is 4.98 Å². The summed E-state index contributed by atoms with van der Waals surface area (Å²) in [5.41, 5.74) is 2.00. The molecule has 0 saturated carbocycles. The predicted octanol–water partition coefficient (Wildman–Crippen LogP) is 2.58. The summed E-state index contributed by atoms with van der Waals surface area (Å²) >= 11 is 0. The zero-order valence-corrected chi connectivity index (χ0v) is 8.54. The van der Waals surface area contributed by atoms with E-state index in [0.717, 1.165) is 11.3 Å². The lowest BCUT2D eigenvalue weighted by Crippen LogP contribution is -1.94. The highest BCUT2D eigenvalue weighted by atomic mass is 16.6. The topological polar surface area (TPSA) is 56.0 Å². The van der Waals surface area contributed by atoms with Crippen LogP contribution < -0.4 is 0 Å². The van der Waals surface area contributed by atoms with Gasteiger partial charge in [0.15, 0.2) is 0 Å². The van der Waals surface area contributed by atoms with Crippen LogP contribution in [-0.4, -0.2) is 9.91 Å². The van der Waals surface area contributed by atoms with Crippen molar-refractivity contribution in [3.63, 3.8) is 0 Å². The van der Waals surface area contributed by atoms with Gasteiger partial charge in [-0.1, -0.05) is 30.3 Å². The second-order valence-corrected chi connectivity index (χ2v) is 3.43. The van der Waals surface area contributed by atoms with Crippen molar-refractivity contribution in [3.05, 3.63) is 70.0 Å². The van der Waals surface area contributed by atoms with E-state index >= 15 is 0 Å². The maximum absolute atomic E-state index is 10.4. The van der Waals surface area contributed by atoms with Gasteiger partial charge in [0.25, 0.3) is 5.69 Å². The van der Waals surface area contributed by atoms with Gasteiger partial charge in [-0.3, -0.25) is 15.1 Å². The Morgan fingerprint density at radius 1 is 1.12 bits per heavy atom. The summed E-state index contributed by atoms with van der Waals surface area (Å²) < 4.78 is 0. The molecule has 2 aromatic rings. The third-order valence-electron chi connectivity index (χ3n) is 2.25. The van der Waals surface area contributed by atoms with Gasteiger partial charge in [-0.15, -0.1) is 0 Å². The average molecular weight is 214 g/mol. The van der Waals surface area contributed by atoms with Crippen molar-refractivity contribution in [1.29, 1.82) is 0 Å². The Kier molecular flexibility index (Phi) is 2.91. The fraction of sp³-hybridized carbons (Fsp3) is 0.0833. The molecule has 2 rings (SSSR count). The van der Waals surface area contributed by atoms with Gasteiger partial charge in [0.05, 0.1) is 4.92 Å². The number of nitrogens with zero attached hydrogens (tertiary/aromatic N) is 2. The molecule has 0 fully saturated rings. The van der Waals surface area contributed by atoms with E-state index in [9.17, 15) is 10.1 Å². The van der Waals surface area contributed by atoms with Crippen molar-refractivity contribution in [2.24, 2.45) is 0 Å². The lowest BCUT2D eigenvalue weighted by atomic mass is 10.1. The minimum absolute atomic E-state index is 0.0248. The molecule has 4 nitrogen and oxygen atoms in total. The van der Waals surface area contributed by atoms with Gasteiger partial charge in [-0.2, -0.15) is 0 Å². The molecule has 0 bridgehead atoms. The van der Waals surface area contributed by atoms with Gasteiger partial charge in [0.1, 0.15) is 6.20 Å². The van der Waals surface area contributed by atoms with E-state index in [2.05, 4.69) is 4.98 Å². The molecule has 1 aromatic heterocycles. The van der Waals surface area contributed by atoms with Crippen LogP contribution in [0.25, 0.3) is 0 Å². The van der Waals surface area contributed by atoms with Gasteiger partial charge in [0.2, 0.25) is 0 Å². The summed E-state index contributed by atoms with van der Waals surface area (Å²) in [6.07, 6.45) is 1.98. The molecule has 0 aliphatic rings. The molecular weight excluding hydrogens is 204 g/mol. The second-order valence-electron chi connectivity index (χ2n) is 3.43. The summed E-state index contributed by atoms with van der Waals surface area (Å²) in [5, 5.41) is 10.4. The van der Waals surface area contributed by atoms with E-state index in [0.29, 0.717) is 6.42 Å². The molecule has 0 aliphatic heterocycles. The van der Waals surface area contributed by atoms with Crippen molar-refractivity contribution in [3.8, 4) is 0 Å². The fourth-order valence-corrected chi connectivity index (χ4v) is 1.43. The van der Waals surface area contributed by atoms with Crippen molar-refractivity contribution < 1.29 is 4.92 Å². The van der Waals surface area contributed by atoms with Crippen LogP contribution in [0, 0.1) is 10.1 Å². The highest BCUT2D eigenvalue weighted by Crippen LogP contribution is 2.11. The fourth-order valence-electron chi connectivity index (χ4n) is 1.43. The smallest absolute Gasteiger partial charge is 0.258 e. The van der Waals surface area contributed by atoms with Crippen molar-refractivity contribution in [2.75, 3.05) is 0 Å². The summed E-state index contributed by atoms with van der Waals surface area (Å²) in [6.45, 7) is 0. The zero-order chi connectivity index (χ0) is 11.4. The highest BCUT2D eigenvalue weighted by Gasteiger charge is 2.05. The number of hydrogen-bond acceptors (Lipinski definition) is 3. The first-order chi connectivity index (χ1) is 7.75. The average Bonchev–Trinajstić information content (AvgIpc) is 2.31. The minimum Gasteiger partial charge on any atom is -0.258 e. The molecule has 0 spiro atoms. The first-order valence-electron chi connectivity index (χ1n) is 4.89. The molecule has 1 aromatic carbocycles. The first-order valence-corrected chi connectivity index (χ1v) is 4.89. The Hall–Kier alpha value is -2.23. The molecular formula is C12H10N2O2. The van der Waals surface area contributed by atoms with Crippen LogP contribution in [0.3, 0.4) is 0 Å². The van der Waals surface area contributed by atoms with Crippen LogP contribution in [0.4, 0.5) is 5.69 Å². The first kappa shape index (κ1) is 10.3. The van der Waals surface area contributed by atoms with Gasteiger partial charge in [-0.25, -0.2) is 0 Å². The molecule has 0 aliphatic carbocycles. The van der Waals surface area contributed by atoms with Gasteiger partial charge >= 0.3 is 0 Å². The van der Waals surface area contributed by atoms with E-state index in [4.69, 9.17) is 0 Å². The minimum atomic E-state index is -0.445. The summed E-state index contributed by atoms with van der Waals surface area (Å²) in [5.74, 6) is 0. The van der Waals surface area contributed by atoms with E-state index in [1.165, 1.54) is 12.3 Å². The van der Waals surface area contributed by atoms with Crippen molar-refractivity contribution in [2.45, 2.75) is 6.42 Å². The van der Waals surface area contributed by atoms with E-state index in [1.807, 2.05) is 30.3 Å². The number of rotatable bonds is 3. The molecule has 16 heavy (non-hydrogen) atoms. The molecule has 4 heteroatoms. The Morgan fingerprint density at radius 3 is 2.44 bits per heavy atom. The molecule has 80 valence electrons. The number of pyridine rings is 1. The Bertz CT molecular complexity index is 480. The third kappa shape index (κ3) is 2.42. The zero-order valence-electron chi connectivity index (χ0n) is 8.54. The van der Waals surface area contributed by atoms with Gasteiger partial charge < -0.3 is 0 Å². The highest BCUT2D eigenvalue weighted by molar-refractivity contribution is 5.29. The van der Waals surface area contributed by atoms with Crippen LogP contribution in [0.1, 0.15) is 11.3 Å². The third-order valence-corrected chi connectivity index (χ3v) is 2.25. The Morgan fingerprint density at radius 2 is 1.88 bits per heavy atom. The molecule has 1 heterocycles. The molecule has 0 radical (unpaired) electrons. The normalized spacial score (nSPS) is 10.0. The van der Waals surface area contributed by atoms with E-state index in [-0.39, 0.29) is 5.69 Å². The van der Waals surface area contributed by atoms with Crippen LogP contribution >= 0.6 is 0 Å². The number of nitro groups is 1. The van der Waals surface area contributed by atoms with Crippen LogP contribution in [0.2, 0.25) is 0 Å². The number of hydrogen-bond donors (Lipinski definition) is 0. The molecule has 0 N–H and O–H groups in total. The van der Waals surface area contributed by atoms with E-state index in [1.54, 1.807) is 6.07 Å². The van der Waals surface area contributed by atoms with Crippen molar-refractivity contribution >= 4 is 5.69 Å². The largest absolute Gasteiger partial charge is 0.287 e. The second kappa shape index (κ2) is 4.53.